The van der Waals surface area contributed by atoms with E-state index in [4.69, 9.17) is 21.1 Å². The molecule has 3 aromatic carbocycles. The second-order valence-electron chi connectivity index (χ2n) is 17.0. The Labute approximate surface area is 333 Å². The highest BCUT2D eigenvalue weighted by molar-refractivity contribution is 7.99. The highest BCUT2D eigenvalue weighted by atomic mass is 35.5. The van der Waals surface area contributed by atoms with Gasteiger partial charge in [0.05, 0.1) is 22.0 Å². The number of rotatable bonds is 4. The molecule has 1 amide bonds. The first-order valence-electron chi connectivity index (χ1n) is 20.2. The number of hydrogen-bond acceptors (Lipinski definition) is 7. The Balaban J connectivity index is 1.16. The summed E-state index contributed by atoms with van der Waals surface area (Å²) in [5.41, 5.74) is 4.55. The molecular weight excluding hydrogens is 728 g/mol. The minimum atomic E-state index is -2.96. The number of allylic oxidation sites excluding steroid dienone is 1. The number of aryl methyl sites for hydroxylation is 1. The van der Waals surface area contributed by atoms with Gasteiger partial charge in [0.25, 0.3) is 5.91 Å². The average Bonchev–Trinajstić information content (AvgIpc) is 3.32. The van der Waals surface area contributed by atoms with Gasteiger partial charge in [0.2, 0.25) is 0 Å². The zero-order valence-corrected chi connectivity index (χ0v) is 34.3. The first-order chi connectivity index (χ1) is 26.5. The summed E-state index contributed by atoms with van der Waals surface area (Å²) in [4.78, 5) is 21.4. The Bertz CT molecular complexity index is 2020. The van der Waals surface area contributed by atoms with Gasteiger partial charge in [-0.25, -0.2) is 4.21 Å². The number of halogens is 1. The van der Waals surface area contributed by atoms with Crippen molar-refractivity contribution in [2.75, 3.05) is 69.3 Å². The predicted octanol–water partition coefficient (Wildman–Crippen LogP) is 7.39. The largest absolute Gasteiger partial charge is 0.490 e. The Morgan fingerprint density at radius 2 is 1.82 bits per heavy atom. The van der Waals surface area contributed by atoms with Crippen LogP contribution in [0.15, 0.2) is 78.9 Å². The van der Waals surface area contributed by atoms with Gasteiger partial charge in [-0.1, -0.05) is 54.9 Å². The van der Waals surface area contributed by atoms with Crippen LogP contribution in [0, 0.1) is 17.8 Å². The van der Waals surface area contributed by atoms with Crippen molar-refractivity contribution in [1.82, 2.24) is 9.62 Å². The molecule has 7 atom stereocenters. The Morgan fingerprint density at radius 3 is 2.56 bits per heavy atom. The fraction of sp³-hybridized carbons (Fsp3) is 0.511. The third kappa shape index (κ3) is 7.54. The molecule has 5 aliphatic rings. The van der Waals surface area contributed by atoms with Crippen molar-refractivity contribution < 1.29 is 18.5 Å². The lowest BCUT2D eigenvalue weighted by Crippen LogP contribution is -2.59. The van der Waals surface area contributed by atoms with E-state index in [0.29, 0.717) is 30.4 Å². The van der Waals surface area contributed by atoms with E-state index in [2.05, 4.69) is 86.8 Å². The molecule has 1 N–H and O–H groups in total. The summed E-state index contributed by atoms with van der Waals surface area (Å²) in [5.74, 6) is 5.18. The van der Waals surface area contributed by atoms with Crippen molar-refractivity contribution in [3.63, 3.8) is 0 Å². The van der Waals surface area contributed by atoms with E-state index < -0.39 is 15.3 Å². The number of nitrogens with zero attached hydrogens (tertiary/aromatic N) is 3. The molecule has 294 valence electrons. The monoisotopic (exact) mass is 784 g/mol. The maximum atomic E-state index is 14.1. The molecule has 2 fully saturated rings. The molecule has 0 radical (unpaired) electrons. The van der Waals surface area contributed by atoms with Gasteiger partial charge in [0, 0.05) is 79.9 Å². The molecular formula is C45H57ClN4O4S. The van der Waals surface area contributed by atoms with Gasteiger partial charge in [-0.2, -0.15) is 0 Å². The lowest BCUT2D eigenvalue weighted by atomic mass is 9.63. The van der Waals surface area contributed by atoms with Crippen LogP contribution in [0.4, 0.5) is 11.4 Å². The van der Waals surface area contributed by atoms with E-state index in [1.54, 1.807) is 6.07 Å². The summed E-state index contributed by atoms with van der Waals surface area (Å²) in [6, 6.07) is 22.8. The van der Waals surface area contributed by atoms with Crippen LogP contribution in [0.25, 0.3) is 0 Å². The summed E-state index contributed by atoms with van der Waals surface area (Å²) in [6.07, 6.45) is 10.6. The standard InChI is InChI=1S/C45H57ClN4O4S/c1-32-10-8-21-45(53-3,30-48-22-24-49(25-23-48)38-12-6-5-7-13-38)40-17-14-36(40)28-50-29-44(20-9-11-34-26-37(46)16-18-39(34)44)31-54-42-19-15-35(27-41(42)50)43(51)47-55(4,52)33(32)2/h5-8,12-13,15-16,18-19,21,26-27,32-33,36,40H,4,9-11,14,17,20,22-25,28-31H2,1-3H3,(H,47,51,52)/b21-8+/t32-,33+,36-,40+,44-,45+,55?/m0/s1. The average molecular weight is 785 g/mol. The van der Waals surface area contributed by atoms with Gasteiger partial charge in [-0.05, 0) is 123 Å². The number of anilines is 2. The number of benzene rings is 3. The normalized spacial score (nSPS) is 33.3. The maximum Gasteiger partial charge on any atom is 0.262 e. The Hall–Kier alpha value is -3.50. The zero-order chi connectivity index (χ0) is 38.4. The number of carbonyl (C=O) groups excluding carboxylic acids is 1. The molecule has 1 spiro atoms. The third-order valence-corrected chi connectivity index (χ3v) is 16.2. The molecule has 3 heterocycles. The van der Waals surface area contributed by atoms with Crippen molar-refractivity contribution >= 4 is 44.5 Å². The summed E-state index contributed by atoms with van der Waals surface area (Å²) in [7, 11) is -1.07. The number of amides is 1. The van der Waals surface area contributed by atoms with E-state index in [0.717, 1.165) is 94.4 Å². The molecule has 8 nitrogen and oxygen atoms in total. The summed E-state index contributed by atoms with van der Waals surface area (Å²) in [6.45, 7) is 10.9. The van der Waals surface area contributed by atoms with Crippen LogP contribution < -0.4 is 19.3 Å². The van der Waals surface area contributed by atoms with Gasteiger partial charge in [-0.15, -0.1) is 0 Å². The van der Waals surface area contributed by atoms with Crippen molar-refractivity contribution in [3.05, 3.63) is 101 Å². The molecule has 1 saturated heterocycles. The van der Waals surface area contributed by atoms with Crippen LogP contribution in [0.2, 0.25) is 5.02 Å². The molecule has 8 rings (SSSR count). The highest BCUT2D eigenvalue weighted by Gasteiger charge is 2.50. The van der Waals surface area contributed by atoms with Crippen molar-refractivity contribution in [2.45, 2.75) is 68.6 Å². The number of hydrogen-bond donors (Lipinski definition) is 1. The molecule has 1 unspecified atom stereocenters. The molecule has 3 aliphatic heterocycles. The Kier molecular flexibility index (Phi) is 10.8. The third-order valence-electron chi connectivity index (χ3n) is 13.7. The van der Waals surface area contributed by atoms with Gasteiger partial charge in [0.15, 0.2) is 0 Å². The number of carbonyl (C=O) groups is 1. The smallest absolute Gasteiger partial charge is 0.262 e. The SMILES string of the molecule is C=S1(=O)NC(=O)c2ccc3c(c2)N(C[C@@H]2CC[C@H]2[C@@](CN2CCN(c4ccccc4)CC2)(OC)/C=C/C[C@H](C)[C@H]1C)C[C@@]1(CCCc2cc(Cl)ccc21)CO3. The molecule has 55 heavy (non-hydrogen) atoms. The minimum Gasteiger partial charge on any atom is -0.490 e. The van der Waals surface area contributed by atoms with Crippen molar-refractivity contribution in [3.8, 4) is 5.75 Å². The first kappa shape index (κ1) is 38.4. The second kappa shape index (κ2) is 15.4. The van der Waals surface area contributed by atoms with Crippen LogP contribution >= 0.6 is 11.6 Å². The minimum absolute atomic E-state index is 0.0241. The van der Waals surface area contributed by atoms with Crippen LogP contribution in [0.3, 0.4) is 0 Å². The quantitative estimate of drug-likeness (QED) is 0.219. The number of piperazine rings is 1. The summed E-state index contributed by atoms with van der Waals surface area (Å²) in [5, 5.41) is 0.427. The predicted molar refractivity (Wildman–Crippen MR) is 226 cm³/mol. The van der Waals surface area contributed by atoms with Gasteiger partial charge >= 0.3 is 0 Å². The molecule has 10 heteroatoms. The summed E-state index contributed by atoms with van der Waals surface area (Å²) < 4.78 is 30.5. The molecule has 0 aromatic heterocycles. The molecule has 2 bridgehead atoms. The van der Waals surface area contributed by atoms with Crippen LogP contribution in [0.1, 0.15) is 67.4 Å². The van der Waals surface area contributed by atoms with E-state index in [1.165, 1.54) is 16.8 Å². The van der Waals surface area contributed by atoms with Crippen LogP contribution in [-0.4, -0.2) is 91.3 Å². The number of para-hydroxylation sites is 1. The molecule has 1 saturated carbocycles. The molecule has 2 aliphatic carbocycles. The topological polar surface area (TPSA) is 74.4 Å². The van der Waals surface area contributed by atoms with Gasteiger partial charge in [-0.3, -0.25) is 14.4 Å². The van der Waals surface area contributed by atoms with Crippen LogP contribution in [-0.2, 0) is 26.3 Å². The van der Waals surface area contributed by atoms with Crippen molar-refractivity contribution in [2.24, 2.45) is 17.8 Å². The van der Waals surface area contributed by atoms with Crippen molar-refractivity contribution in [1.29, 1.82) is 0 Å². The molecule has 3 aromatic rings. The van der Waals surface area contributed by atoms with E-state index in [9.17, 15) is 9.00 Å². The van der Waals surface area contributed by atoms with Crippen LogP contribution in [0.5, 0.6) is 5.75 Å². The van der Waals surface area contributed by atoms with Gasteiger partial charge in [0.1, 0.15) is 11.4 Å². The number of nitrogens with one attached hydrogen (secondary N) is 1. The lowest BCUT2D eigenvalue weighted by Gasteiger charge is -2.52. The van der Waals surface area contributed by atoms with E-state index in [-0.39, 0.29) is 22.5 Å². The highest BCUT2D eigenvalue weighted by Crippen LogP contribution is 2.49. The zero-order valence-electron chi connectivity index (χ0n) is 32.7. The fourth-order valence-corrected chi connectivity index (χ4v) is 11.7. The lowest BCUT2D eigenvalue weighted by molar-refractivity contribution is -0.0919. The Morgan fingerprint density at radius 1 is 1.02 bits per heavy atom. The van der Waals surface area contributed by atoms with E-state index in [1.807, 2.05) is 32.2 Å². The second-order valence-corrected chi connectivity index (χ2v) is 19.8. The summed E-state index contributed by atoms with van der Waals surface area (Å²) >= 11 is 6.53. The first-order valence-corrected chi connectivity index (χ1v) is 22.4. The maximum absolute atomic E-state index is 14.1. The van der Waals surface area contributed by atoms with Gasteiger partial charge < -0.3 is 19.3 Å². The number of fused-ring (bicyclic) bond motifs is 4. The number of methoxy groups -OCH3 is 1. The van der Waals surface area contributed by atoms with E-state index >= 15 is 0 Å². The fourth-order valence-electron chi connectivity index (χ4n) is 10.1. The number of ether oxygens (including phenoxy) is 2.